The van der Waals surface area contributed by atoms with Crippen molar-refractivity contribution in [1.82, 2.24) is 0 Å². The Morgan fingerprint density at radius 1 is 0.727 bits per heavy atom. The molecule has 0 aliphatic heterocycles. The lowest BCUT2D eigenvalue weighted by atomic mass is 9.67. The van der Waals surface area contributed by atoms with Gasteiger partial charge in [0.2, 0.25) is 5.70 Å². The van der Waals surface area contributed by atoms with Gasteiger partial charge in [0, 0.05) is 0 Å². The molecule has 55 heavy (non-hydrogen) atoms. The third-order valence-electron chi connectivity index (χ3n) is 9.95. The van der Waals surface area contributed by atoms with E-state index in [4.69, 9.17) is 35.0 Å². The number of benzene rings is 2. The van der Waals surface area contributed by atoms with E-state index in [1.165, 1.54) is 21.3 Å². The molecule has 0 fully saturated rings. The number of esters is 4. The largest absolute Gasteiger partial charge is 0.497 e. The maximum Gasteiger partial charge on any atom is 0.311 e. The highest BCUT2D eigenvalue weighted by molar-refractivity contribution is 5.99. The molecule has 0 aromatic heterocycles. The lowest BCUT2D eigenvalue weighted by Gasteiger charge is -2.37. The zero-order valence-electron chi connectivity index (χ0n) is 33.7. The molecule has 12 heteroatoms. The summed E-state index contributed by atoms with van der Waals surface area (Å²) in [5, 5.41) is 9.87. The average molecular weight is 761 g/mol. The molecule has 0 aliphatic rings. The van der Waals surface area contributed by atoms with Gasteiger partial charge in [0.25, 0.3) is 0 Å². The van der Waals surface area contributed by atoms with Crippen LogP contribution in [0.2, 0.25) is 0 Å². The van der Waals surface area contributed by atoms with Gasteiger partial charge in [-0.05, 0) is 114 Å². The second-order valence-electron chi connectivity index (χ2n) is 14.7. The van der Waals surface area contributed by atoms with Gasteiger partial charge in [0.1, 0.15) is 11.5 Å². The Morgan fingerprint density at radius 2 is 1.24 bits per heavy atom. The molecule has 2 rings (SSSR count). The minimum absolute atomic E-state index is 0.0126. The first-order valence-electron chi connectivity index (χ1n) is 18.4. The number of nitrogens with zero attached hydrogens (tertiary/aromatic N) is 2. The van der Waals surface area contributed by atoms with Crippen LogP contribution in [-0.2, 0) is 38.1 Å². The maximum atomic E-state index is 13.6. The molecule has 0 aliphatic carbocycles. The fourth-order valence-electron chi connectivity index (χ4n) is 6.77. The zero-order valence-corrected chi connectivity index (χ0v) is 33.7. The van der Waals surface area contributed by atoms with E-state index in [2.05, 4.69) is 10.9 Å². The van der Waals surface area contributed by atoms with Gasteiger partial charge in [-0.25, -0.2) is 4.85 Å². The second-order valence-corrected chi connectivity index (χ2v) is 14.7. The summed E-state index contributed by atoms with van der Waals surface area (Å²) in [4.78, 5) is 55.8. The first-order chi connectivity index (χ1) is 26.1. The Labute approximate surface area is 325 Å². The number of hydrogen-bond acceptors (Lipinski definition) is 11. The van der Waals surface area contributed by atoms with E-state index in [0.29, 0.717) is 42.1 Å². The summed E-state index contributed by atoms with van der Waals surface area (Å²) in [6.45, 7) is 16.8. The van der Waals surface area contributed by atoms with Crippen LogP contribution in [0.4, 0.5) is 0 Å². The van der Waals surface area contributed by atoms with Gasteiger partial charge in [0.05, 0.1) is 82.0 Å². The van der Waals surface area contributed by atoms with E-state index >= 15 is 0 Å². The van der Waals surface area contributed by atoms with E-state index in [1.54, 1.807) is 83.3 Å². The molecule has 0 saturated carbocycles. The number of nitriles is 1. The van der Waals surface area contributed by atoms with Crippen LogP contribution in [0.1, 0.15) is 97.1 Å². The van der Waals surface area contributed by atoms with Gasteiger partial charge in [-0.15, -0.1) is 0 Å². The molecule has 298 valence electrons. The molecule has 3 atom stereocenters. The molecule has 0 spiro atoms. The fraction of sp³-hybridized carbons (Fsp3) is 0.535. The smallest absolute Gasteiger partial charge is 0.311 e. The quantitative estimate of drug-likeness (QED) is 0.0285. The molecule has 0 saturated heterocycles. The van der Waals surface area contributed by atoms with E-state index in [1.807, 2.05) is 6.92 Å². The van der Waals surface area contributed by atoms with Crippen molar-refractivity contribution in [2.75, 3.05) is 41.7 Å². The van der Waals surface area contributed by atoms with Gasteiger partial charge in [0.15, 0.2) is 0 Å². The lowest BCUT2D eigenvalue weighted by Crippen LogP contribution is -2.42. The van der Waals surface area contributed by atoms with E-state index in [9.17, 15) is 24.4 Å². The topological polar surface area (TPSA) is 152 Å². The minimum atomic E-state index is -1.27. The number of allylic oxidation sites excluding steroid dienone is 1. The van der Waals surface area contributed by atoms with Crippen molar-refractivity contribution >= 4 is 35.1 Å². The Hall–Kier alpha value is -5.36. The van der Waals surface area contributed by atoms with Crippen LogP contribution >= 0.6 is 0 Å². The van der Waals surface area contributed by atoms with Crippen LogP contribution in [0, 0.1) is 40.1 Å². The summed E-state index contributed by atoms with van der Waals surface area (Å²) in [5.74, 6) is -1.67. The van der Waals surface area contributed by atoms with Crippen LogP contribution < -0.4 is 9.47 Å². The molecule has 0 bridgehead atoms. The predicted octanol–water partition coefficient (Wildman–Crippen LogP) is 8.24. The van der Waals surface area contributed by atoms with Crippen LogP contribution in [0.25, 0.3) is 16.1 Å². The summed E-state index contributed by atoms with van der Waals surface area (Å²) in [6.07, 6.45) is 3.44. The van der Waals surface area contributed by atoms with Crippen molar-refractivity contribution in [3.05, 3.63) is 71.1 Å². The standard InChI is InChI=1S/C43H56N2O10/c1-11-42(4,39(48)52-9)26-32(27-43(5,40(49)53-10)29-41(2,3)38(47)51-8)37(46)55-25-15-13-12-14-24-54-34-22-16-30(17-23-34)35(28-44)36(45-6)31-18-20-33(50-7)21-19-31/h16-23,32H,11-15,24-27,29H2,1-5,7-10H3. The van der Waals surface area contributed by atoms with Crippen molar-refractivity contribution < 1.29 is 47.6 Å². The predicted molar refractivity (Wildman–Crippen MR) is 207 cm³/mol. The summed E-state index contributed by atoms with van der Waals surface area (Å²) < 4.78 is 32.0. The lowest BCUT2D eigenvalue weighted by molar-refractivity contribution is -0.163. The van der Waals surface area contributed by atoms with Gasteiger partial charge in [-0.1, -0.05) is 31.2 Å². The number of carbonyl (C=O) groups excluding carboxylic acids is 4. The number of rotatable bonds is 22. The maximum absolute atomic E-state index is 13.6. The molecule has 0 amide bonds. The number of carbonyl (C=O) groups is 4. The van der Waals surface area contributed by atoms with Crippen LogP contribution in [0.5, 0.6) is 11.5 Å². The average Bonchev–Trinajstić information content (AvgIpc) is 3.19. The van der Waals surface area contributed by atoms with Crippen LogP contribution in [0.15, 0.2) is 48.5 Å². The van der Waals surface area contributed by atoms with Gasteiger partial charge < -0.3 is 28.4 Å². The first-order valence-corrected chi connectivity index (χ1v) is 18.4. The molecular weight excluding hydrogens is 704 g/mol. The molecule has 12 nitrogen and oxygen atoms in total. The van der Waals surface area contributed by atoms with Gasteiger partial charge in [-0.2, -0.15) is 5.26 Å². The monoisotopic (exact) mass is 760 g/mol. The summed E-state index contributed by atoms with van der Waals surface area (Å²) in [6, 6.07) is 16.2. The highest BCUT2D eigenvalue weighted by atomic mass is 16.5. The number of unbranched alkanes of at least 4 members (excludes halogenated alkanes) is 3. The van der Waals surface area contributed by atoms with Gasteiger partial charge >= 0.3 is 23.9 Å². The Bertz CT molecular complexity index is 1720. The van der Waals surface area contributed by atoms with Crippen molar-refractivity contribution in [2.24, 2.45) is 22.2 Å². The molecule has 2 aromatic carbocycles. The SMILES string of the molecule is [C-]#[N+]C(=C(C#N)c1ccc(OCCCCCCOC(=O)C(CC(C)(CC)C(=O)OC)CC(C)(CC(C)(C)C(=O)OC)C(=O)OC)cc1)c1ccc(OC)cc1. The third-order valence-corrected chi connectivity index (χ3v) is 9.95. The molecule has 2 aromatic rings. The van der Waals surface area contributed by atoms with Crippen molar-refractivity contribution in [3.63, 3.8) is 0 Å². The van der Waals surface area contributed by atoms with Crippen LogP contribution in [0.3, 0.4) is 0 Å². The highest BCUT2D eigenvalue weighted by Gasteiger charge is 2.48. The fourth-order valence-corrected chi connectivity index (χ4v) is 6.77. The highest BCUT2D eigenvalue weighted by Crippen LogP contribution is 2.44. The Morgan fingerprint density at radius 3 is 1.75 bits per heavy atom. The number of hydrogen-bond donors (Lipinski definition) is 0. The first kappa shape index (κ1) is 45.8. The third kappa shape index (κ3) is 12.9. The van der Waals surface area contributed by atoms with Crippen molar-refractivity contribution in [2.45, 2.75) is 86.0 Å². The zero-order chi connectivity index (χ0) is 41.2. The van der Waals surface area contributed by atoms with Crippen LogP contribution in [-0.4, -0.2) is 65.5 Å². The normalized spacial score (nSPS) is 14.3. The molecule has 0 radical (unpaired) electrons. The molecular formula is C43H56N2O10. The Kier molecular flexibility index (Phi) is 17.9. The Balaban J connectivity index is 2.00. The van der Waals surface area contributed by atoms with Crippen molar-refractivity contribution in [1.29, 1.82) is 5.26 Å². The van der Waals surface area contributed by atoms with E-state index in [0.717, 1.165) is 19.3 Å². The number of ether oxygens (including phenoxy) is 6. The molecule has 0 heterocycles. The van der Waals surface area contributed by atoms with E-state index < -0.39 is 46.0 Å². The minimum Gasteiger partial charge on any atom is -0.497 e. The summed E-state index contributed by atoms with van der Waals surface area (Å²) in [7, 11) is 5.39. The van der Waals surface area contributed by atoms with E-state index in [-0.39, 0.29) is 37.1 Å². The van der Waals surface area contributed by atoms with Crippen molar-refractivity contribution in [3.8, 4) is 17.6 Å². The summed E-state index contributed by atoms with van der Waals surface area (Å²) in [5.41, 5.74) is -1.60. The van der Waals surface area contributed by atoms with Gasteiger partial charge in [-0.3, -0.25) is 19.2 Å². The summed E-state index contributed by atoms with van der Waals surface area (Å²) >= 11 is 0. The second kappa shape index (κ2) is 21.5. The molecule has 0 N–H and O–H groups in total. The number of methoxy groups -OCH3 is 4. The molecule has 3 unspecified atom stereocenters.